The Kier molecular flexibility index (Phi) is 2.98. The fourth-order valence-corrected chi connectivity index (χ4v) is 2.04. The van der Waals surface area contributed by atoms with Crippen molar-refractivity contribution in [2.24, 2.45) is 5.92 Å². The van der Waals surface area contributed by atoms with E-state index in [1.54, 1.807) is 0 Å². The molecule has 1 aliphatic rings. The number of hydrogen-bond acceptors (Lipinski definition) is 4. The van der Waals surface area contributed by atoms with Crippen LogP contribution < -0.4 is 11.1 Å². The van der Waals surface area contributed by atoms with Crippen LogP contribution in [0.3, 0.4) is 0 Å². The summed E-state index contributed by atoms with van der Waals surface area (Å²) in [5.41, 5.74) is 6.58. The smallest absolute Gasteiger partial charge is 0.160 e. The van der Waals surface area contributed by atoms with E-state index in [0.717, 1.165) is 29.7 Å². The van der Waals surface area contributed by atoms with Crippen LogP contribution >= 0.6 is 15.9 Å². The first kappa shape index (κ1) is 9.86. The van der Waals surface area contributed by atoms with Gasteiger partial charge in [-0.3, -0.25) is 0 Å². The SMILES string of the molecule is Nc1nnc(CC2CCNC2)cc1Br. The molecule has 14 heavy (non-hydrogen) atoms. The Morgan fingerprint density at radius 3 is 3.07 bits per heavy atom. The first-order chi connectivity index (χ1) is 6.75. The van der Waals surface area contributed by atoms with Crippen molar-refractivity contribution in [3.05, 3.63) is 16.2 Å². The molecule has 1 unspecified atom stereocenters. The van der Waals surface area contributed by atoms with Crippen molar-refractivity contribution in [3.8, 4) is 0 Å². The molecular weight excluding hydrogens is 244 g/mol. The summed E-state index contributed by atoms with van der Waals surface area (Å²) in [7, 11) is 0. The Bertz CT molecular complexity index is 323. The molecule has 1 aromatic rings. The van der Waals surface area contributed by atoms with Gasteiger partial charge in [-0.1, -0.05) is 0 Å². The summed E-state index contributed by atoms with van der Waals surface area (Å²) in [6.45, 7) is 2.21. The van der Waals surface area contributed by atoms with Crippen LogP contribution in [0.4, 0.5) is 5.82 Å². The number of nitrogens with zero attached hydrogens (tertiary/aromatic N) is 2. The molecule has 4 nitrogen and oxygen atoms in total. The molecule has 76 valence electrons. The standard InChI is InChI=1S/C9H13BrN4/c10-8-4-7(13-14-9(8)11)3-6-1-2-12-5-6/h4,6,12H,1-3,5H2,(H2,11,14). The van der Waals surface area contributed by atoms with E-state index in [2.05, 4.69) is 31.4 Å². The van der Waals surface area contributed by atoms with E-state index in [4.69, 9.17) is 5.73 Å². The Hall–Kier alpha value is -0.680. The molecule has 0 saturated carbocycles. The maximum Gasteiger partial charge on any atom is 0.160 e. The third kappa shape index (κ3) is 2.22. The van der Waals surface area contributed by atoms with Gasteiger partial charge in [0.25, 0.3) is 0 Å². The predicted molar refractivity (Wildman–Crippen MR) is 58.8 cm³/mol. The molecule has 0 aromatic carbocycles. The Labute approximate surface area is 91.4 Å². The number of halogens is 1. The highest BCUT2D eigenvalue weighted by molar-refractivity contribution is 9.10. The monoisotopic (exact) mass is 256 g/mol. The average molecular weight is 257 g/mol. The van der Waals surface area contributed by atoms with Gasteiger partial charge in [-0.25, -0.2) is 0 Å². The van der Waals surface area contributed by atoms with Gasteiger partial charge in [-0.05, 0) is 53.8 Å². The zero-order chi connectivity index (χ0) is 9.97. The van der Waals surface area contributed by atoms with Crippen molar-refractivity contribution in [2.45, 2.75) is 12.8 Å². The van der Waals surface area contributed by atoms with Gasteiger partial charge in [0.1, 0.15) is 0 Å². The van der Waals surface area contributed by atoms with Crippen LogP contribution in [0.2, 0.25) is 0 Å². The minimum Gasteiger partial charge on any atom is -0.381 e. The minimum atomic E-state index is 0.457. The number of nitrogens with two attached hydrogens (primary N) is 1. The van der Waals surface area contributed by atoms with E-state index in [0.29, 0.717) is 11.7 Å². The molecule has 1 fully saturated rings. The number of nitrogens with one attached hydrogen (secondary N) is 1. The highest BCUT2D eigenvalue weighted by Crippen LogP contribution is 2.19. The number of anilines is 1. The van der Waals surface area contributed by atoms with Crippen LogP contribution in [-0.2, 0) is 6.42 Å². The largest absolute Gasteiger partial charge is 0.381 e. The zero-order valence-electron chi connectivity index (χ0n) is 7.83. The molecule has 1 aliphatic heterocycles. The third-order valence-electron chi connectivity index (χ3n) is 2.48. The average Bonchev–Trinajstić information content (AvgIpc) is 2.64. The lowest BCUT2D eigenvalue weighted by Crippen LogP contribution is -2.12. The van der Waals surface area contributed by atoms with Crippen molar-refractivity contribution in [1.29, 1.82) is 0 Å². The van der Waals surface area contributed by atoms with Crippen LogP contribution in [0.1, 0.15) is 12.1 Å². The number of nitrogen functional groups attached to an aromatic ring is 1. The van der Waals surface area contributed by atoms with Crippen molar-refractivity contribution >= 4 is 21.7 Å². The van der Waals surface area contributed by atoms with Gasteiger partial charge < -0.3 is 11.1 Å². The molecule has 2 rings (SSSR count). The summed E-state index contributed by atoms with van der Waals surface area (Å²) >= 11 is 3.35. The molecule has 0 spiro atoms. The Morgan fingerprint density at radius 1 is 1.57 bits per heavy atom. The summed E-state index contributed by atoms with van der Waals surface area (Å²) in [5.74, 6) is 1.15. The van der Waals surface area contributed by atoms with E-state index < -0.39 is 0 Å². The Morgan fingerprint density at radius 2 is 2.43 bits per heavy atom. The lowest BCUT2D eigenvalue weighted by Gasteiger charge is -2.07. The molecule has 1 aromatic heterocycles. The summed E-state index contributed by atoms with van der Waals surface area (Å²) in [6.07, 6.45) is 2.21. The fraction of sp³-hybridized carbons (Fsp3) is 0.556. The number of aromatic nitrogens is 2. The summed E-state index contributed by atoms with van der Waals surface area (Å²) in [6, 6.07) is 1.96. The second kappa shape index (κ2) is 4.23. The topological polar surface area (TPSA) is 63.8 Å². The van der Waals surface area contributed by atoms with Crippen LogP contribution in [-0.4, -0.2) is 23.3 Å². The van der Waals surface area contributed by atoms with Gasteiger partial charge in [-0.2, -0.15) is 5.10 Å². The lowest BCUT2D eigenvalue weighted by molar-refractivity contribution is 0.567. The molecule has 2 heterocycles. The van der Waals surface area contributed by atoms with Crippen LogP contribution in [0.25, 0.3) is 0 Å². The van der Waals surface area contributed by atoms with Gasteiger partial charge in [0.05, 0.1) is 10.2 Å². The molecule has 3 N–H and O–H groups in total. The van der Waals surface area contributed by atoms with Gasteiger partial charge >= 0.3 is 0 Å². The van der Waals surface area contributed by atoms with Crippen molar-refractivity contribution < 1.29 is 0 Å². The van der Waals surface area contributed by atoms with E-state index in [1.165, 1.54) is 6.42 Å². The van der Waals surface area contributed by atoms with Crippen molar-refractivity contribution in [3.63, 3.8) is 0 Å². The molecule has 0 amide bonds. The van der Waals surface area contributed by atoms with E-state index in [-0.39, 0.29) is 0 Å². The zero-order valence-corrected chi connectivity index (χ0v) is 9.42. The van der Waals surface area contributed by atoms with Gasteiger partial charge in [0.2, 0.25) is 0 Å². The number of hydrogen-bond donors (Lipinski definition) is 2. The maximum atomic E-state index is 5.56. The normalized spacial score (nSPS) is 21.4. The molecule has 1 saturated heterocycles. The van der Waals surface area contributed by atoms with E-state index >= 15 is 0 Å². The quantitative estimate of drug-likeness (QED) is 0.828. The second-order valence-electron chi connectivity index (χ2n) is 3.63. The van der Waals surface area contributed by atoms with Crippen LogP contribution in [0.5, 0.6) is 0 Å². The summed E-state index contributed by atoms with van der Waals surface area (Å²) < 4.78 is 0.841. The predicted octanol–water partition coefficient (Wildman–Crippen LogP) is 0.973. The van der Waals surface area contributed by atoms with Crippen LogP contribution in [0.15, 0.2) is 10.5 Å². The lowest BCUT2D eigenvalue weighted by atomic mass is 10.0. The summed E-state index contributed by atoms with van der Waals surface area (Å²) in [4.78, 5) is 0. The molecule has 5 heteroatoms. The number of rotatable bonds is 2. The molecule has 0 radical (unpaired) electrons. The third-order valence-corrected chi connectivity index (χ3v) is 3.12. The maximum absolute atomic E-state index is 5.56. The fourth-order valence-electron chi connectivity index (χ4n) is 1.70. The molecular formula is C9H13BrN4. The second-order valence-corrected chi connectivity index (χ2v) is 4.49. The highest BCUT2D eigenvalue weighted by atomic mass is 79.9. The van der Waals surface area contributed by atoms with Crippen LogP contribution in [0, 0.1) is 5.92 Å². The van der Waals surface area contributed by atoms with Gasteiger partial charge in [0, 0.05) is 0 Å². The first-order valence-corrected chi connectivity index (χ1v) is 5.53. The van der Waals surface area contributed by atoms with Crippen molar-refractivity contribution in [2.75, 3.05) is 18.8 Å². The van der Waals surface area contributed by atoms with Gasteiger partial charge in [0.15, 0.2) is 5.82 Å². The van der Waals surface area contributed by atoms with Gasteiger partial charge in [-0.15, -0.1) is 5.10 Å². The highest BCUT2D eigenvalue weighted by Gasteiger charge is 2.16. The Balaban J connectivity index is 2.05. The molecule has 0 bridgehead atoms. The summed E-state index contributed by atoms with van der Waals surface area (Å²) in [5, 5.41) is 11.3. The molecule has 1 atom stereocenters. The first-order valence-electron chi connectivity index (χ1n) is 4.74. The van der Waals surface area contributed by atoms with E-state index in [9.17, 15) is 0 Å². The minimum absolute atomic E-state index is 0.457. The van der Waals surface area contributed by atoms with E-state index in [1.807, 2.05) is 6.07 Å². The van der Waals surface area contributed by atoms with Crippen molar-refractivity contribution in [1.82, 2.24) is 15.5 Å². The molecule has 0 aliphatic carbocycles.